The third-order valence-corrected chi connectivity index (χ3v) is 6.53. The third kappa shape index (κ3) is 3.35. The predicted molar refractivity (Wildman–Crippen MR) is 117 cm³/mol. The van der Waals surface area contributed by atoms with Crippen molar-refractivity contribution < 1.29 is 4.79 Å². The van der Waals surface area contributed by atoms with Gasteiger partial charge in [0.05, 0.1) is 11.9 Å². The summed E-state index contributed by atoms with van der Waals surface area (Å²) in [6.07, 6.45) is 6.02. The zero-order chi connectivity index (χ0) is 19.1. The van der Waals surface area contributed by atoms with Crippen LogP contribution in [0.5, 0.6) is 0 Å². The molecule has 3 aromatic rings. The molecule has 5 rings (SSSR count). The Labute approximate surface area is 176 Å². The average Bonchev–Trinajstić information content (AvgIpc) is 3.39. The van der Waals surface area contributed by atoms with Gasteiger partial charge in [0.2, 0.25) is 0 Å². The molecule has 2 aromatic heterocycles. The molecule has 0 bridgehead atoms. The summed E-state index contributed by atoms with van der Waals surface area (Å²) in [5.74, 6) is 0.714. The first-order valence-electron chi connectivity index (χ1n) is 9.50. The van der Waals surface area contributed by atoms with Crippen LogP contribution in [0.3, 0.4) is 0 Å². The van der Waals surface area contributed by atoms with Crippen LogP contribution in [0.2, 0.25) is 0 Å². The fraction of sp³-hybridized carbons (Fsp3) is 0.350. The number of carbonyl (C=O) groups is 1. The van der Waals surface area contributed by atoms with E-state index in [2.05, 4.69) is 43.2 Å². The van der Waals surface area contributed by atoms with Crippen molar-refractivity contribution in [2.24, 2.45) is 5.41 Å². The van der Waals surface area contributed by atoms with Crippen molar-refractivity contribution in [3.05, 3.63) is 51.9 Å². The van der Waals surface area contributed by atoms with Gasteiger partial charge >= 0.3 is 0 Å². The first-order chi connectivity index (χ1) is 13.6. The zero-order valence-corrected chi connectivity index (χ0v) is 17.5. The Balaban J connectivity index is 1.45. The molecule has 1 saturated carbocycles. The van der Waals surface area contributed by atoms with Crippen LogP contribution in [0.4, 0.5) is 11.5 Å². The summed E-state index contributed by atoms with van der Waals surface area (Å²) in [6.45, 7) is 3.97. The topological polar surface area (TPSA) is 74.6 Å². The Bertz CT molecular complexity index is 1040. The quantitative estimate of drug-likeness (QED) is 0.555. The summed E-state index contributed by atoms with van der Waals surface area (Å²) in [6, 6.07) is 9.70. The maximum atomic E-state index is 12.9. The van der Waals surface area contributed by atoms with E-state index in [-0.39, 0.29) is 5.91 Å². The number of para-hydroxylation sites is 1. The fourth-order valence-electron chi connectivity index (χ4n) is 3.76. The van der Waals surface area contributed by atoms with Gasteiger partial charge in [-0.25, -0.2) is 9.50 Å². The van der Waals surface area contributed by atoms with Crippen molar-refractivity contribution in [1.29, 1.82) is 0 Å². The number of nitrogens with zero attached hydrogens (tertiary/aromatic N) is 4. The van der Waals surface area contributed by atoms with E-state index in [4.69, 9.17) is 4.98 Å². The zero-order valence-electron chi connectivity index (χ0n) is 15.4. The summed E-state index contributed by atoms with van der Waals surface area (Å²) < 4.78 is 2.66. The van der Waals surface area contributed by atoms with Gasteiger partial charge in [-0.3, -0.25) is 4.79 Å². The second-order valence-electron chi connectivity index (χ2n) is 7.64. The number of amides is 1. The lowest BCUT2D eigenvalue weighted by Crippen LogP contribution is -2.31. The molecule has 1 spiro atoms. The highest BCUT2D eigenvalue weighted by Gasteiger charge is 2.44. The van der Waals surface area contributed by atoms with Crippen LogP contribution in [0.1, 0.15) is 23.2 Å². The fourth-order valence-corrected chi connectivity index (χ4v) is 4.28. The molecule has 1 amide bonds. The first-order valence-corrected chi connectivity index (χ1v) is 10.6. The normalized spacial score (nSPS) is 18.2. The SMILES string of the molecule is O=C(Nc1ccccc1I)c1cnn2ccc(N3CCNCC4(CC4)C3)nc12. The van der Waals surface area contributed by atoms with Gasteiger partial charge in [0, 0.05) is 41.4 Å². The molecule has 7 nitrogen and oxygen atoms in total. The molecule has 0 unspecified atom stereocenters. The first kappa shape index (κ1) is 17.9. The summed E-state index contributed by atoms with van der Waals surface area (Å²) in [5.41, 5.74) is 2.26. The lowest BCUT2D eigenvalue weighted by atomic mass is 10.1. The van der Waals surface area contributed by atoms with Crippen molar-refractivity contribution >= 4 is 45.7 Å². The van der Waals surface area contributed by atoms with Crippen molar-refractivity contribution in [3.8, 4) is 0 Å². The molecule has 1 aromatic carbocycles. The van der Waals surface area contributed by atoms with E-state index in [9.17, 15) is 4.79 Å². The minimum atomic E-state index is -0.194. The minimum absolute atomic E-state index is 0.194. The van der Waals surface area contributed by atoms with Crippen LogP contribution in [0, 0.1) is 8.99 Å². The van der Waals surface area contributed by atoms with Crippen LogP contribution in [0.15, 0.2) is 42.7 Å². The lowest BCUT2D eigenvalue weighted by molar-refractivity contribution is 0.102. The highest BCUT2D eigenvalue weighted by atomic mass is 127. The van der Waals surface area contributed by atoms with Gasteiger partial charge in [-0.2, -0.15) is 5.10 Å². The number of halogens is 1. The van der Waals surface area contributed by atoms with Crippen molar-refractivity contribution in [2.75, 3.05) is 36.4 Å². The van der Waals surface area contributed by atoms with Crippen LogP contribution in [0.25, 0.3) is 5.65 Å². The van der Waals surface area contributed by atoms with Gasteiger partial charge in [0.25, 0.3) is 5.91 Å². The lowest BCUT2D eigenvalue weighted by Gasteiger charge is -2.24. The maximum absolute atomic E-state index is 12.9. The van der Waals surface area contributed by atoms with Crippen LogP contribution < -0.4 is 15.5 Å². The molecule has 3 heterocycles. The van der Waals surface area contributed by atoms with Crippen molar-refractivity contribution in [3.63, 3.8) is 0 Å². The summed E-state index contributed by atoms with van der Waals surface area (Å²) in [5, 5.41) is 10.8. The Morgan fingerprint density at radius 1 is 1.25 bits per heavy atom. The molecule has 8 heteroatoms. The van der Waals surface area contributed by atoms with Gasteiger partial charge in [0.1, 0.15) is 11.4 Å². The van der Waals surface area contributed by atoms with E-state index in [0.29, 0.717) is 16.6 Å². The van der Waals surface area contributed by atoms with Gasteiger partial charge in [-0.1, -0.05) is 12.1 Å². The number of benzene rings is 1. The molecule has 2 aliphatic rings. The number of hydrogen-bond acceptors (Lipinski definition) is 5. The Hall–Kier alpha value is -2.20. The Kier molecular flexibility index (Phi) is 4.47. The molecule has 1 saturated heterocycles. The van der Waals surface area contributed by atoms with E-state index in [1.54, 1.807) is 10.7 Å². The maximum Gasteiger partial charge on any atom is 0.261 e. The molecule has 144 valence electrons. The number of hydrogen-bond donors (Lipinski definition) is 2. The number of nitrogens with one attached hydrogen (secondary N) is 2. The van der Waals surface area contributed by atoms with Crippen LogP contribution in [-0.4, -0.2) is 46.7 Å². The van der Waals surface area contributed by atoms with Crippen molar-refractivity contribution in [1.82, 2.24) is 19.9 Å². The van der Waals surface area contributed by atoms with Crippen molar-refractivity contribution in [2.45, 2.75) is 12.8 Å². The van der Waals surface area contributed by atoms with E-state index >= 15 is 0 Å². The summed E-state index contributed by atoms with van der Waals surface area (Å²) in [4.78, 5) is 20.0. The molecule has 2 N–H and O–H groups in total. The van der Waals surface area contributed by atoms with E-state index in [1.807, 2.05) is 36.5 Å². The highest BCUT2D eigenvalue weighted by Crippen LogP contribution is 2.46. The molecule has 0 radical (unpaired) electrons. The molecular formula is C20H21IN6O. The monoisotopic (exact) mass is 488 g/mol. The minimum Gasteiger partial charge on any atom is -0.355 e. The molecule has 1 aliphatic heterocycles. The van der Waals surface area contributed by atoms with E-state index in [0.717, 1.165) is 41.3 Å². The second-order valence-corrected chi connectivity index (χ2v) is 8.81. The molecule has 1 aliphatic carbocycles. The van der Waals surface area contributed by atoms with Gasteiger partial charge in [-0.05, 0) is 53.6 Å². The average molecular weight is 488 g/mol. The van der Waals surface area contributed by atoms with Crippen LogP contribution in [-0.2, 0) is 0 Å². The summed E-state index contributed by atoms with van der Waals surface area (Å²) >= 11 is 2.21. The van der Waals surface area contributed by atoms with Gasteiger partial charge in [-0.15, -0.1) is 0 Å². The van der Waals surface area contributed by atoms with E-state index < -0.39 is 0 Å². The third-order valence-electron chi connectivity index (χ3n) is 5.59. The number of rotatable bonds is 3. The highest BCUT2D eigenvalue weighted by molar-refractivity contribution is 14.1. The molecule has 2 fully saturated rings. The number of aromatic nitrogens is 3. The number of fused-ring (bicyclic) bond motifs is 1. The smallest absolute Gasteiger partial charge is 0.261 e. The van der Waals surface area contributed by atoms with Gasteiger partial charge < -0.3 is 15.5 Å². The predicted octanol–water partition coefficient (Wildman–Crippen LogP) is 2.78. The summed E-state index contributed by atoms with van der Waals surface area (Å²) in [7, 11) is 0. The second kappa shape index (κ2) is 7.00. The number of anilines is 2. The molecule has 28 heavy (non-hydrogen) atoms. The number of carbonyl (C=O) groups excluding carboxylic acids is 1. The standard InChI is InChI=1S/C20H21IN6O/c21-15-3-1-2-4-16(15)24-19(28)14-11-23-27-9-5-17(25-18(14)27)26-10-8-22-12-20(13-26)6-7-20/h1-5,9,11,22H,6-8,10,12-13H2,(H,24,28). The van der Waals surface area contributed by atoms with E-state index in [1.165, 1.54) is 12.8 Å². The largest absolute Gasteiger partial charge is 0.355 e. The Morgan fingerprint density at radius 2 is 2.11 bits per heavy atom. The molecule has 0 atom stereocenters. The molecular weight excluding hydrogens is 467 g/mol. The Morgan fingerprint density at radius 3 is 2.93 bits per heavy atom. The van der Waals surface area contributed by atoms with Crippen LogP contribution >= 0.6 is 22.6 Å². The van der Waals surface area contributed by atoms with Gasteiger partial charge in [0.15, 0.2) is 5.65 Å².